The van der Waals surface area contributed by atoms with E-state index in [1.54, 1.807) is 28.4 Å². The van der Waals surface area contributed by atoms with Crippen molar-refractivity contribution in [1.29, 1.82) is 0 Å². The first-order chi connectivity index (χ1) is 13.1. The molecule has 2 aromatic rings. The van der Waals surface area contributed by atoms with Crippen LogP contribution in [0.4, 0.5) is 4.79 Å². The zero-order valence-electron chi connectivity index (χ0n) is 16.1. The number of carbonyl (C=O) groups excluding carboxylic acids is 1. The Bertz CT molecular complexity index is 739. The Morgan fingerprint density at radius 2 is 1.48 bits per heavy atom. The van der Waals surface area contributed by atoms with Gasteiger partial charge in [-0.3, -0.25) is 0 Å². The number of carbonyl (C=O) groups is 1. The first-order valence-electron chi connectivity index (χ1n) is 8.55. The highest BCUT2D eigenvalue weighted by Gasteiger charge is 2.13. The van der Waals surface area contributed by atoms with Crippen molar-refractivity contribution in [3.63, 3.8) is 0 Å². The topological polar surface area (TPSA) is 78.1 Å². The van der Waals surface area contributed by atoms with Gasteiger partial charge in [0, 0.05) is 18.7 Å². The molecule has 2 N–H and O–H groups in total. The van der Waals surface area contributed by atoms with Crippen LogP contribution < -0.4 is 29.6 Å². The standard InChI is InChI=1S/C20H26N2O5/c1-24-16-8-6-5-7-15(16)13-22-20(23)21-10-9-14-11-17(25-2)19(27-4)18(12-14)26-3/h5-8,11-12H,9-10,13H2,1-4H3,(H2,21,22,23). The second kappa shape index (κ2) is 10.2. The van der Waals surface area contributed by atoms with E-state index in [2.05, 4.69) is 10.6 Å². The van der Waals surface area contributed by atoms with Crippen LogP contribution >= 0.6 is 0 Å². The van der Waals surface area contributed by atoms with Crippen molar-refractivity contribution < 1.29 is 23.7 Å². The Labute approximate surface area is 159 Å². The molecule has 0 aliphatic heterocycles. The molecule has 7 heteroatoms. The van der Waals surface area contributed by atoms with Crippen molar-refractivity contribution in [3.8, 4) is 23.0 Å². The van der Waals surface area contributed by atoms with Gasteiger partial charge in [-0.15, -0.1) is 0 Å². The van der Waals surface area contributed by atoms with Crippen LogP contribution in [0.25, 0.3) is 0 Å². The average molecular weight is 374 g/mol. The van der Waals surface area contributed by atoms with Crippen LogP contribution in [0.3, 0.4) is 0 Å². The van der Waals surface area contributed by atoms with Crippen LogP contribution in [0.15, 0.2) is 36.4 Å². The first-order valence-corrected chi connectivity index (χ1v) is 8.55. The number of benzene rings is 2. The fraction of sp³-hybridized carbons (Fsp3) is 0.350. The van der Waals surface area contributed by atoms with Crippen molar-refractivity contribution in [2.75, 3.05) is 35.0 Å². The maximum Gasteiger partial charge on any atom is 0.315 e. The third-order valence-corrected chi connectivity index (χ3v) is 4.06. The summed E-state index contributed by atoms with van der Waals surface area (Å²) in [6.45, 7) is 0.858. The summed E-state index contributed by atoms with van der Waals surface area (Å²) in [5.74, 6) is 2.47. The third kappa shape index (κ3) is 5.44. The molecule has 2 rings (SSSR count). The predicted octanol–water partition coefficient (Wildman–Crippen LogP) is 2.76. The quantitative estimate of drug-likeness (QED) is 0.706. The Balaban J connectivity index is 1.87. The first kappa shape index (κ1) is 20.2. The van der Waals surface area contributed by atoms with E-state index in [9.17, 15) is 4.79 Å². The predicted molar refractivity (Wildman–Crippen MR) is 103 cm³/mol. The molecule has 0 unspecified atom stereocenters. The Morgan fingerprint density at radius 3 is 2.07 bits per heavy atom. The van der Waals surface area contributed by atoms with Gasteiger partial charge < -0.3 is 29.6 Å². The Kier molecular flexibility index (Phi) is 7.61. The van der Waals surface area contributed by atoms with Gasteiger partial charge in [-0.25, -0.2) is 4.79 Å². The van der Waals surface area contributed by atoms with Crippen molar-refractivity contribution in [3.05, 3.63) is 47.5 Å². The summed E-state index contributed by atoms with van der Waals surface area (Å²) in [4.78, 5) is 12.0. The second-order valence-electron chi connectivity index (χ2n) is 5.70. The maximum atomic E-state index is 12.0. The van der Waals surface area contributed by atoms with E-state index < -0.39 is 0 Å². The molecule has 0 bridgehead atoms. The lowest BCUT2D eigenvalue weighted by Crippen LogP contribution is -2.36. The summed E-state index contributed by atoms with van der Waals surface area (Å²) in [6, 6.07) is 11.1. The molecule has 0 saturated heterocycles. The van der Waals surface area contributed by atoms with Crippen LogP contribution in [0, 0.1) is 0 Å². The van der Waals surface area contributed by atoms with Gasteiger partial charge in [0.2, 0.25) is 5.75 Å². The average Bonchev–Trinajstić information content (AvgIpc) is 2.71. The number of para-hydroxylation sites is 1. The molecular weight excluding hydrogens is 348 g/mol. The molecular formula is C20H26N2O5. The van der Waals surface area contributed by atoms with Gasteiger partial charge in [0.25, 0.3) is 0 Å². The minimum absolute atomic E-state index is 0.242. The number of hydrogen-bond acceptors (Lipinski definition) is 5. The zero-order valence-corrected chi connectivity index (χ0v) is 16.1. The number of amides is 2. The van der Waals surface area contributed by atoms with E-state index in [0.717, 1.165) is 16.9 Å². The molecule has 0 spiro atoms. The van der Waals surface area contributed by atoms with E-state index in [0.29, 0.717) is 36.8 Å². The normalized spacial score (nSPS) is 10.1. The van der Waals surface area contributed by atoms with Crippen molar-refractivity contribution in [1.82, 2.24) is 10.6 Å². The van der Waals surface area contributed by atoms with Crippen LogP contribution in [-0.2, 0) is 13.0 Å². The molecule has 0 fully saturated rings. The molecule has 0 radical (unpaired) electrons. The summed E-state index contributed by atoms with van der Waals surface area (Å²) in [5, 5.41) is 5.66. The van der Waals surface area contributed by atoms with Crippen LogP contribution in [0.2, 0.25) is 0 Å². The molecule has 0 aliphatic carbocycles. The second-order valence-corrected chi connectivity index (χ2v) is 5.70. The summed E-state index contributed by atoms with van der Waals surface area (Å²) >= 11 is 0. The molecule has 0 heterocycles. The molecule has 0 atom stereocenters. The molecule has 27 heavy (non-hydrogen) atoms. The number of methoxy groups -OCH3 is 4. The van der Waals surface area contributed by atoms with Gasteiger partial charge in [-0.05, 0) is 30.2 Å². The van der Waals surface area contributed by atoms with Gasteiger partial charge in [0.15, 0.2) is 11.5 Å². The monoisotopic (exact) mass is 374 g/mol. The largest absolute Gasteiger partial charge is 0.496 e. The summed E-state index contributed by atoms with van der Waals surface area (Å²) in [7, 11) is 6.32. The van der Waals surface area contributed by atoms with Crippen LogP contribution in [0.5, 0.6) is 23.0 Å². The lowest BCUT2D eigenvalue weighted by Gasteiger charge is -2.14. The van der Waals surface area contributed by atoms with Gasteiger partial charge in [-0.1, -0.05) is 18.2 Å². The summed E-state index contributed by atoms with van der Waals surface area (Å²) in [6.07, 6.45) is 0.624. The molecule has 2 amide bonds. The SMILES string of the molecule is COc1ccccc1CNC(=O)NCCc1cc(OC)c(OC)c(OC)c1. The molecule has 0 aliphatic rings. The highest BCUT2D eigenvalue weighted by molar-refractivity contribution is 5.73. The van der Waals surface area contributed by atoms with Crippen molar-refractivity contribution >= 4 is 6.03 Å². The van der Waals surface area contributed by atoms with Gasteiger partial charge >= 0.3 is 6.03 Å². The Morgan fingerprint density at radius 1 is 0.852 bits per heavy atom. The van der Waals surface area contributed by atoms with Gasteiger partial charge in [-0.2, -0.15) is 0 Å². The van der Waals surface area contributed by atoms with Crippen molar-refractivity contribution in [2.45, 2.75) is 13.0 Å². The number of urea groups is 1. The zero-order chi connectivity index (χ0) is 19.6. The summed E-state index contributed by atoms with van der Waals surface area (Å²) in [5.41, 5.74) is 1.88. The van der Waals surface area contributed by atoms with Gasteiger partial charge in [0.05, 0.1) is 28.4 Å². The van der Waals surface area contributed by atoms with E-state index in [1.807, 2.05) is 36.4 Å². The lowest BCUT2D eigenvalue weighted by atomic mass is 10.1. The molecule has 2 aromatic carbocycles. The lowest BCUT2D eigenvalue weighted by molar-refractivity contribution is 0.240. The molecule has 7 nitrogen and oxygen atoms in total. The van der Waals surface area contributed by atoms with E-state index in [4.69, 9.17) is 18.9 Å². The fourth-order valence-electron chi connectivity index (χ4n) is 2.69. The van der Waals surface area contributed by atoms with E-state index in [1.165, 1.54) is 0 Å². The minimum atomic E-state index is -0.242. The number of ether oxygens (including phenoxy) is 4. The van der Waals surface area contributed by atoms with Crippen LogP contribution in [-0.4, -0.2) is 41.0 Å². The number of rotatable bonds is 9. The molecule has 0 aromatic heterocycles. The highest BCUT2D eigenvalue weighted by Crippen LogP contribution is 2.38. The maximum absolute atomic E-state index is 12.0. The molecule has 0 saturated carbocycles. The fourth-order valence-corrected chi connectivity index (χ4v) is 2.69. The van der Waals surface area contributed by atoms with Crippen LogP contribution in [0.1, 0.15) is 11.1 Å². The summed E-state index contributed by atoms with van der Waals surface area (Å²) < 4.78 is 21.3. The van der Waals surface area contributed by atoms with E-state index in [-0.39, 0.29) is 6.03 Å². The van der Waals surface area contributed by atoms with E-state index >= 15 is 0 Å². The number of hydrogen-bond donors (Lipinski definition) is 2. The van der Waals surface area contributed by atoms with Gasteiger partial charge in [0.1, 0.15) is 5.75 Å². The Hall–Kier alpha value is -3.09. The third-order valence-electron chi connectivity index (χ3n) is 4.06. The highest BCUT2D eigenvalue weighted by atomic mass is 16.5. The molecule has 146 valence electrons. The number of nitrogens with one attached hydrogen (secondary N) is 2. The van der Waals surface area contributed by atoms with Crippen molar-refractivity contribution in [2.24, 2.45) is 0 Å². The smallest absolute Gasteiger partial charge is 0.315 e. The minimum Gasteiger partial charge on any atom is -0.496 e.